The van der Waals surface area contributed by atoms with Gasteiger partial charge in [-0.3, -0.25) is 4.79 Å². The zero-order valence-corrected chi connectivity index (χ0v) is 9.32. The molecule has 1 aromatic rings. The minimum absolute atomic E-state index is 0.0547. The Morgan fingerprint density at radius 2 is 2.19 bits per heavy atom. The summed E-state index contributed by atoms with van der Waals surface area (Å²) in [5.74, 6) is 0.0108. The summed E-state index contributed by atoms with van der Waals surface area (Å²) in [5.41, 5.74) is 1.21. The van der Waals surface area contributed by atoms with Gasteiger partial charge in [-0.2, -0.15) is 0 Å². The maximum absolute atomic E-state index is 11.6. The Labute approximate surface area is 95.8 Å². The average Bonchev–Trinajstić information content (AvgIpc) is 2.84. The van der Waals surface area contributed by atoms with Gasteiger partial charge in [-0.05, 0) is 18.5 Å². The second kappa shape index (κ2) is 5.66. The lowest BCUT2D eigenvalue weighted by Gasteiger charge is -2.08. The summed E-state index contributed by atoms with van der Waals surface area (Å²) >= 11 is 0. The molecule has 1 saturated heterocycles. The number of benzene rings is 1. The highest BCUT2D eigenvalue weighted by Gasteiger charge is 2.23. The number of rotatable bonds is 4. The monoisotopic (exact) mass is 219 g/mol. The van der Waals surface area contributed by atoms with Crippen LogP contribution in [0, 0.1) is 5.92 Å². The van der Waals surface area contributed by atoms with E-state index in [9.17, 15) is 4.79 Å². The van der Waals surface area contributed by atoms with Crippen molar-refractivity contribution in [2.45, 2.75) is 12.8 Å². The van der Waals surface area contributed by atoms with E-state index in [0.29, 0.717) is 6.61 Å². The third kappa shape index (κ3) is 3.07. The first-order valence-electron chi connectivity index (χ1n) is 5.77. The second-order valence-electron chi connectivity index (χ2n) is 4.09. The van der Waals surface area contributed by atoms with Gasteiger partial charge >= 0.3 is 5.97 Å². The predicted molar refractivity (Wildman–Crippen MR) is 62.1 cm³/mol. The van der Waals surface area contributed by atoms with Crippen LogP contribution in [0.25, 0.3) is 0 Å². The highest BCUT2D eigenvalue weighted by Crippen LogP contribution is 2.09. The summed E-state index contributed by atoms with van der Waals surface area (Å²) in [5, 5.41) is 3.16. The van der Waals surface area contributed by atoms with E-state index in [1.807, 2.05) is 30.3 Å². The molecule has 0 radical (unpaired) electrons. The summed E-state index contributed by atoms with van der Waals surface area (Å²) < 4.78 is 5.25. The average molecular weight is 219 g/mol. The van der Waals surface area contributed by atoms with E-state index in [-0.39, 0.29) is 11.9 Å². The third-order valence-electron chi connectivity index (χ3n) is 2.87. The first-order chi connectivity index (χ1) is 7.86. The van der Waals surface area contributed by atoms with Crippen LogP contribution in [0.3, 0.4) is 0 Å². The van der Waals surface area contributed by atoms with Crippen LogP contribution in [0.15, 0.2) is 30.3 Å². The number of esters is 1. The number of carbonyl (C=O) groups is 1. The molecule has 0 spiro atoms. The number of hydrogen-bond acceptors (Lipinski definition) is 3. The molecule has 1 heterocycles. The molecule has 2 rings (SSSR count). The maximum atomic E-state index is 11.6. The Kier molecular flexibility index (Phi) is 3.94. The molecular weight excluding hydrogens is 202 g/mol. The van der Waals surface area contributed by atoms with E-state index < -0.39 is 0 Å². The maximum Gasteiger partial charge on any atom is 0.310 e. The van der Waals surface area contributed by atoms with E-state index in [0.717, 1.165) is 25.9 Å². The zero-order chi connectivity index (χ0) is 11.2. The topological polar surface area (TPSA) is 38.3 Å². The smallest absolute Gasteiger partial charge is 0.310 e. The van der Waals surface area contributed by atoms with Gasteiger partial charge in [0.15, 0.2) is 0 Å². The van der Waals surface area contributed by atoms with Gasteiger partial charge in [0.1, 0.15) is 0 Å². The van der Waals surface area contributed by atoms with Crippen molar-refractivity contribution < 1.29 is 9.53 Å². The standard InChI is InChI=1S/C13H17NO2/c15-13(12-6-8-14-10-12)16-9-7-11-4-2-1-3-5-11/h1-5,12,14H,6-10H2. The molecule has 1 aliphatic rings. The van der Waals surface area contributed by atoms with Gasteiger partial charge in [0.25, 0.3) is 0 Å². The van der Waals surface area contributed by atoms with Crippen LogP contribution in [-0.2, 0) is 16.0 Å². The quantitative estimate of drug-likeness (QED) is 0.777. The van der Waals surface area contributed by atoms with Gasteiger partial charge in [0.2, 0.25) is 0 Å². The molecule has 16 heavy (non-hydrogen) atoms. The molecule has 0 saturated carbocycles. The largest absolute Gasteiger partial charge is 0.465 e. The fraction of sp³-hybridized carbons (Fsp3) is 0.462. The summed E-state index contributed by atoms with van der Waals surface area (Å²) in [6.45, 7) is 2.18. The van der Waals surface area contributed by atoms with Crippen molar-refractivity contribution in [3.8, 4) is 0 Å². The summed E-state index contributed by atoms with van der Waals surface area (Å²) in [6.07, 6.45) is 1.71. The molecule has 1 atom stereocenters. The SMILES string of the molecule is O=C(OCCc1ccccc1)C1CCNC1. The highest BCUT2D eigenvalue weighted by atomic mass is 16.5. The lowest BCUT2D eigenvalue weighted by Crippen LogP contribution is -2.21. The molecular formula is C13H17NO2. The van der Waals surface area contributed by atoms with Gasteiger partial charge in [-0.25, -0.2) is 0 Å². The van der Waals surface area contributed by atoms with Gasteiger partial charge in [-0.1, -0.05) is 30.3 Å². The van der Waals surface area contributed by atoms with Crippen molar-refractivity contribution in [3.05, 3.63) is 35.9 Å². The van der Waals surface area contributed by atoms with Crippen molar-refractivity contribution in [2.24, 2.45) is 5.92 Å². The first-order valence-corrected chi connectivity index (χ1v) is 5.77. The predicted octanol–water partition coefficient (Wildman–Crippen LogP) is 1.38. The van der Waals surface area contributed by atoms with Crippen LogP contribution in [0.2, 0.25) is 0 Å². The third-order valence-corrected chi connectivity index (χ3v) is 2.87. The molecule has 0 amide bonds. The van der Waals surface area contributed by atoms with Crippen LogP contribution in [-0.4, -0.2) is 25.7 Å². The lowest BCUT2D eigenvalue weighted by molar-refractivity contribution is -0.147. The van der Waals surface area contributed by atoms with E-state index in [2.05, 4.69) is 5.32 Å². The van der Waals surface area contributed by atoms with E-state index >= 15 is 0 Å². The Balaban J connectivity index is 1.70. The van der Waals surface area contributed by atoms with Gasteiger partial charge in [0, 0.05) is 13.0 Å². The number of hydrogen-bond donors (Lipinski definition) is 1. The molecule has 0 aliphatic carbocycles. The molecule has 0 aromatic heterocycles. The molecule has 3 heteroatoms. The molecule has 0 bridgehead atoms. The fourth-order valence-corrected chi connectivity index (χ4v) is 1.89. The minimum Gasteiger partial charge on any atom is -0.465 e. The Bertz CT molecular complexity index is 331. The highest BCUT2D eigenvalue weighted by molar-refractivity contribution is 5.73. The van der Waals surface area contributed by atoms with Crippen LogP contribution in [0.4, 0.5) is 0 Å². The van der Waals surface area contributed by atoms with Crippen LogP contribution < -0.4 is 5.32 Å². The summed E-state index contributed by atoms with van der Waals surface area (Å²) in [7, 11) is 0. The Morgan fingerprint density at radius 1 is 1.38 bits per heavy atom. The molecule has 1 N–H and O–H groups in total. The second-order valence-corrected chi connectivity index (χ2v) is 4.09. The molecule has 1 unspecified atom stereocenters. The van der Waals surface area contributed by atoms with Crippen molar-refractivity contribution in [2.75, 3.05) is 19.7 Å². The fourth-order valence-electron chi connectivity index (χ4n) is 1.89. The van der Waals surface area contributed by atoms with Gasteiger partial charge < -0.3 is 10.1 Å². The molecule has 1 aliphatic heterocycles. The Hall–Kier alpha value is -1.35. The first kappa shape index (κ1) is 11.1. The van der Waals surface area contributed by atoms with Crippen molar-refractivity contribution in [3.63, 3.8) is 0 Å². The Morgan fingerprint density at radius 3 is 2.88 bits per heavy atom. The van der Waals surface area contributed by atoms with Crippen LogP contribution in [0.1, 0.15) is 12.0 Å². The lowest BCUT2D eigenvalue weighted by atomic mass is 10.1. The minimum atomic E-state index is -0.0547. The summed E-state index contributed by atoms with van der Waals surface area (Å²) in [6, 6.07) is 10.1. The van der Waals surface area contributed by atoms with Crippen molar-refractivity contribution in [1.29, 1.82) is 0 Å². The van der Waals surface area contributed by atoms with E-state index in [4.69, 9.17) is 4.74 Å². The normalized spacial score (nSPS) is 19.6. The number of ether oxygens (including phenoxy) is 1. The number of carbonyl (C=O) groups excluding carboxylic acids is 1. The molecule has 3 nitrogen and oxygen atoms in total. The molecule has 1 fully saturated rings. The number of nitrogens with one attached hydrogen (secondary N) is 1. The van der Waals surface area contributed by atoms with E-state index in [1.165, 1.54) is 5.56 Å². The zero-order valence-electron chi connectivity index (χ0n) is 9.32. The van der Waals surface area contributed by atoms with Crippen LogP contribution in [0.5, 0.6) is 0 Å². The van der Waals surface area contributed by atoms with Gasteiger partial charge in [-0.15, -0.1) is 0 Å². The van der Waals surface area contributed by atoms with Crippen LogP contribution >= 0.6 is 0 Å². The molecule has 1 aromatic carbocycles. The molecule has 86 valence electrons. The van der Waals surface area contributed by atoms with Gasteiger partial charge in [0.05, 0.1) is 12.5 Å². The van der Waals surface area contributed by atoms with Crippen molar-refractivity contribution in [1.82, 2.24) is 5.32 Å². The summed E-state index contributed by atoms with van der Waals surface area (Å²) in [4.78, 5) is 11.6. The van der Waals surface area contributed by atoms with E-state index in [1.54, 1.807) is 0 Å². The van der Waals surface area contributed by atoms with Crippen molar-refractivity contribution >= 4 is 5.97 Å².